The highest BCUT2D eigenvalue weighted by Crippen LogP contribution is 2.18. The van der Waals surface area contributed by atoms with Gasteiger partial charge in [-0.15, -0.1) is 0 Å². The number of carbonyl (C=O) groups excluding carboxylic acids is 1. The standard InChI is InChI=1S/C16H19N3O/c1-2-12-19(15-10-8-13(17)9-11-15)16(20)18-14-6-4-3-5-7-14/h3-11H,2,12,17H2,1H3,(H,18,20). The van der Waals surface area contributed by atoms with Crippen LogP contribution in [0.25, 0.3) is 0 Å². The van der Waals surface area contributed by atoms with Crippen molar-refractivity contribution in [2.75, 3.05) is 22.5 Å². The van der Waals surface area contributed by atoms with Gasteiger partial charge >= 0.3 is 6.03 Å². The Kier molecular flexibility index (Phi) is 4.60. The van der Waals surface area contributed by atoms with Gasteiger partial charge in [-0.25, -0.2) is 4.79 Å². The quantitative estimate of drug-likeness (QED) is 0.831. The van der Waals surface area contributed by atoms with Gasteiger partial charge in [-0.2, -0.15) is 0 Å². The summed E-state index contributed by atoms with van der Waals surface area (Å²) in [5.74, 6) is 0. The fourth-order valence-electron chi connectivity index (χ4n) is 1.94. The lowest BCUT2D eigenvalue weighted by Gasteiger charge is -2.22. The van der Waals surface area contributed by atoms with Crippen LogP contribution in [0.15, 0.2) is 54.6 Å². The summed E-state index contributed by atoms with van der Waals surface area (Å²) in [6.07, 6.45) is 0.882. The molecule has 2 rings (SSSR count). The number of hydrogen-bond acceptors (Lipinski definition) is 2. The summed E-state index contributed by atoms with van der Waals surface area (Å²) in [5, 5.41) is 2.90. The lowest BCUT2D eigenvalue weighted by atomic mass is 10.2. The molecule has 0 atom stereocenters. The summed E-state index contributed by atoms with van der Waals surface area (Å²) < 4.78 is 0. The second-order valence-corrected chi connectivity index (χ2v) is 4.54. The van der Waals surface area contributed by atoms with Gasteiger partial charge in [0.05, 0.1) is 0 Å². The molecule has 0 unspecified atom stereocenters. The number of rotatable bonds is 4. The Morgan fingerprint density at radius 2 is 1.75 bits per heavy atom. The van der Waals surface area contributed by atoms with Crippen molar-refractivity contribution >= 4 is 23.1 Å². The molecule has 4 nitrogen and oxygen atoms in total. The van der Waals surface area contributed by atoms with Gasteiger partial charge in [0.2, 0.25) is 0 Å². The van der Waals surface area contributed by atoms with Gasteiger partial charge in [0.1, 0.15) is 0 Å². The van der Waals surface area contributed by atoms with Crippen molar-refractivity contribution in [3.63, 3.8) is 0 Å². The van der Waals surface area contributed by atoms with E-state index in [9.17, 15) is 4.79 Å². The molecule has 0 spiro atoms. The van der Waals surface area contributed by atoms with E-state index in [1.807, 2.05) is 49.4 Å². The molecule has 4 heteroatoms. The van der Waals surface area contributed by atoms with Crippen molar-refractivity contribution in [2.24, 2.45) is 0 Å². The summed E-state index contributed by atoms with van der Waals surface area (Å²) in [5.41, 5.74) is 8.00. The molecule has 0 fully saturated rings. The van der Waals surface area contributed by atoms with Crippen LogP contribution in [-0.2, 0) is 0 Å². The van der Waals surface area contributed by atoms with Crippen molar-refractivity contribution in [3.05, 3.63) is 54.6 Å². The van der Waals surface area contributed by atoms with Crippen LogP contribution in [0.4, 0.5) is 21.9 Å². The molecule has 2 amide bonds. The number of para-hydroxylation sites is 1. The smallest absolute Gasteiger partial charge is 0.326 e. The molecule has 0 aliphatic rings. The lowest BCUT2D eigenvalue weighted by molar-refractivity contribution is 0.257. The third kappa shape index (κ3) is 3.51. The summed E-state index contributed by atoms with van der Waals surface area (Å²) in [6.45, 7) is 2.70. The highest BCUT2D eigenvalue weighted by molar-refractivity contribution is 6.01. The number of nitrogens with zero attached hydrogens (tertiary/aromatic N) is 1. The maximum absolute atomic E-state index is 12.4. The third-order valence-corrected chi connectivity index (χ3v) is 2.92. The van der Waals surface area contributed by atoms with Gasteiger partial charge < -0.3 is 11.1 Å². The maximum atomic E-state index is 12.4. The van der Waals surface area contributed by atoms with Crippen LogP contribution in [0.2, 0.25) is 0 Å². The zero-order chi connectivity index (χ0) is 14.4. The number of benzene rings is 2. The molecule has 0 heterocycles. The van der Waals surface area contributed by atoms with Crippen molar-refractivity contribution in [3.8, 4) is 0 Å². The van der Waals surface area contributed by atoms with E-state index in [1.54, 1.807) is 17.0 Å². The molecule has 0 bridgehead atoms. The van der Waals surface area contributed by atoms with Gasteiger partial charge in [0.15, 0.2) is 0 Å². The van der Waals surface area contributed by atoms with E-state index in [0.29, 0.717) is 12.2 Å². The van der Waals surface area contributed by atoms with Crippen LogP contribution in [0, 0.1) is 0 Å². The van der Waals surface area contributed by atoms with Crippen LogP contribution in [0.3, 0.4) is 0 Å². The fraction of sp³-hybridized carbons (Fsp3) is 0.188. The number of amides is 2. The Balaban J connectivity index is 2.15. The first-order chi connectivity index (χ1) is 9.70. The number of nitrogen functional groups attached to an aromatic ring is 1. The van der Waals surface area contributed by atoms with Gasteiger partial charge in [-0.1, -0.05) is 25.1 Å². The van der Waals surface area contributed by atoms with Crippen LogP contribution in [0.1, 0.15) is 13.3 Å². The van der Waals surface area contributed by atoms with Crippen molar-refractivity contribution in [1.82, 2.24) is 0 Å². The molecular formula is C16H19N3O. The van der Waals surface area contributed by atoms with Crippen molar-refractivity contribution in [2.45, 2.75) is 13.3 Å². The first-order valence-electron chi connectivity index (χ1n) is 6.70. The van der Waals surface area contributed by atoms with Gasteiger partial charge in [0.25, 0.3) is 0 Å². The zero-order valence-corrected chi connectivity index (χ0v) is 11.5. The first kappa shape index (κ1) is 13.9. The Hall–Kier alpha value is -2.49. The summed E-state index contributed by atoms with van der Waals surface area (Å²) in [7, 11) is 0. The average molecular weight is 269 g/mol. The van der Waals surface area contributed by atoms with E-state index in [0.717, 1.165) is 17.8 Å². The van der Waals surface area contributed by atoms with E-state index < -0.39 is 0 Å². The molecule has 0 saturated carbocycles. The third-order valence-electron chi connectivity index (χ3n) is 2.92. The second-order valence-electron chi connectivity index (χ2n) is 4.54. The predicted octanol–water partition coefficient (Wildman–Crippen LogP) is 3.72. The SMILES string of the molecule is CCCN(C(=O)Nc1ccccc1)c1ccc(N)cc1. The summed E-state index contributed by atoms with van der Waals surface area (Å²) in [6, 6.07) is 16.6. The number of anilines is 3. The lowest BCUT2D eigenvalue weighted by Crippen LogP contribution is -2.35. The molecule has 0 saturated heterocycles. The summed E-state index contributed by atoms with van der Waals surface area (Å²) in [4.78, 5) is 14.1. The normalized spacial score (nSPS) is 10.1. The molecule has 0 aliphatic carbocycles. The highest BCUT2D eigenvalue weighted by Gasteiger charge is 2.14. The topological polar surface area (TPSA) is 58.4 Å². The molecular weight excluding hydrogens is 250 g/mol. The van der Waals surface area contributed by atoms with E-state index in [2.05, 4.69) is 5.32 Å². The largest absolute Gasteiger partial charge is 0.399 e. The van der Waals surface area contributed by atoms with E-state index in [4.69, 9.17) is 5.73 Å². The van der Waals surface area contributed by atoms with Crippen LogP contribution >= 0.6 is 0 Å². The Labute approximate surface area is 119 Å². The molecule has 0 radical (unpaired) electrons. The van der Waals surface area contributed by atoms with E-state index >= 15 is 0 Å². The fourth-order valence-corrected chi connectivity index (χ4v) is 1.94. The molecule has 0 aromatic heterocycles. The monoisotopic (exact) mass is 269 g/mol. The maximum Gasteiger partial charge on any atom is 0.326 e. The Morgan fingerprint density at radius 1 is 1.10 bits per heavy atom. The van der Waals surface area contributed by atoms with E-state index in [-0.39, 0.29) is 6.03 Å². The Morgan fingerprint density at radius 3 is 2.35 bits per heavy atom. The van der Waals surface area contributed by atoms with Gasteiger partial charge in [-0.3, -0.25) is 4.90 Å². The molecule has 2 aromatic carbocycles. The van der Waals surface area contributed by atoms with E-state index in [1.165, 1.54) is 0 Å². The Bertz CT molecular complexity index is 552. The highest BCUT2D eigenvalue weighted by atomic mass is 16.2. The number of carbonyl (C=O) groups is 1. The molecule has 2 aromatic rings. The van der Waals surface area contributed by atoms with Crippen LogP contribution in [-0.4, -0.2) is 12.6 Å². The minimum absolute atomic E-state index is 0.136. The minimum Gasteiger partial charge on any atom is -0.399 e. The van der Waals surface area contributed by atoms with Crippen LogP contribution in [0.5, 0.6) is 0 Å². The molecule has 3 N–H and O–H groups in total. The first-order valence-corrected chi connectivity index (χ1v) is 6.70. The minimum atomic E-state index is -0.136. The van der Waals surface area contributed by atoms with Gasteiger partial charge in [-0.05, 0) is 42.8 Å². The average Bonchev–Trinajstić information content (AvgIpc) is 2.47. The molecule has 0 aliphatic heterocycles. The predicted molar refractivity (Wildman–Crippen MR) is 84.0 cm³/mol. The zero-order valence-electron chi connectivity index (χ0n) is 11.5. The second kappa shape index (κ2) is 6.61. The van der Waals surface area contributed by atoms with Crippen molar-refractivity contribution < 1.29 is 4.79 Å². The van der Waals surface area contributed by atoms with Crippen molar-refractivity contribution in [1.29, 1.82) is 0 Å². The van der Waals surface area contributed by atoms with Gasteiger partial charge in [0, 0.05) is 23.6 Å². The number of hydrogen-bond donors (Lipinski definition) is 2. The number of nitrogens with one attached hydrogen (secondary N) is 1. The molecule has 20 heavy (non-hydrogen) atoms. The number of nitrogens with two attached hydrogens (primary N) is 1. The summed E-state index contributed by atoms with van der Waals surface area (Å²) >= 11 is 0. The van der Waals surface area contributed by atoms with Crippen LogP contribution < -0.4 is 16.0 Å². The number of urea groups is 1. The molecule has 104 valence electrons.